The molecule has 1 saturated heterocycles. The van der Waals surface area contributed by atoms with E-state index >= 15 is 0 Å². The molecule has 1 aliphatic carbocycles. The molecule has 0 radical (unpaired) electrons. The molecule has 0 bridgehead atoms. The van der Waals surface area contributed by atoms with E-state index in [1.54, 1.807) is 15.6 Å². The van der Waals surface area contributed by atoms with Crippen molar-refractivity contribution in [3.63, 3.8) is 0 Å². The molecule has 2 aromatic rings. The number of nitrogens with zero attached hydrogens (tertiary/aromatic N) is 5. The van der Waals surface area contributed by atoms with Crippen LogP contribution >= 0.6 is 0 Å². The first-order chi connectivity index (χ1) is 13.1. The van der Waals surface area contributed by atoms with Gasteiger partial charge in [-0.05, 0) is 38.7 Å². The number of rotatable bonds is 3. The van der Waals surface area contributed by atoms with Crippen molar-refractivity contribution in [2.45, 2.75) is 57.9 Å². The Bertz CT molecular complexity index is 834. The molecular formula is C19H26N6O2. The van der Waals surface area contributed by atoms with E-state index in [0.717, 1.165) is 18.5 Å². The van der Waals surface area contributed by atoms with Crippen LogP contribution in [0.2, 0.25) is 0 Å². The van der Waals surface area contributed by atoms with Crippen LogP contribution in [0.3, 0.4) is 0 Å². The molecule has 1 saturated carbocycles. The monoisotopic (exact) mass is 370 g/mol. The van der Waals surface area contributed by atoms with Gasteiger partial charge in [0.15, 0.2) is 0 Å². The largest absolute Gasteiger partial charge is 0.353 e. The molecule has 3 heterocycles. The molecule has 8 nitrogen and oxygen atoms in total. The molecule has 0 aromatic carbocycles. The first-order valence-electron chi connectivity index (χ1n) is 9.90. The van der Waals surface area contributed by atoms with Gasteiger partial charge < -0.3 is 10.2 Å². The van der Waals surface area contributed by atoms with Gasteiger partial charge in [0, 0.05) is 36.9 Å². The van der Waals surface area contributed by atoms with Crippen molar-refractivity contribution < 1.29 is 9.59 Å². The Morgan fingerprint density at radius 2 is 1.85 bits per heavy atom. The molecule has 2 aliphatic rings. The number of amides is 2. The Morgan fingerprint density at radius 3 is 2.56 bits per heavy atom. The highest BCUT2D eigenvalue weighted by molar-refractivity contribution is 5.91. The summed E-state index contributed by atoms with van der Waals surface area (Å²) in [5.41, 5.74) is 0.879. The van der Waals surface area contributed by atoms with Crippen LogP contribution in [0.4, 0.5) is 0 Å². The van der Waals surface area contributed by atoms with Crippen LogP contribution < -0.4 is 5.32 Å². The third-order valence-corrected chi connectivity index (χ3v) is 5.73. The third kappa shape index (κ3) is 3.79. The maximum atomic E-state index is 12.7. The van der Waals surface area contributed by atoms with E-state index in [0.29, 0.717) is 37.8 Å². The van der Waals surface area contributed by atoms with Crippen LogP contribution in [0.25, 0.3) is 5.78 Å². The van der Waals surface area contributed by atoms with Crippen molar-refractivity contribution in [1.29, 1.82) is 0 Å². The molecule has 8 heteroatoms. The zero-order valence-electron chi connectivity index (χ0n) is 15.7. The fourth-order valence-electron chi connectivity index (χ4n) is 4.05. The summed E-state index contributed by atoms with van der Waals surface area (Å²) < 4.78 is 1.58. The predicted octanol–water partition coefficient (Wildman–Crippen LogP) is 1.73. The smallest absolute Gasteiger partial charge is 0.293 e. The van der Waals surface area contributed by atoms with Crippen molar-refractivity contribution in [2.75, 3.05) is 13.1 Å². The third-order valence-electron chi connectivity index (χ3n) is 5.73. The second-order valence-electron chi connectivity index (χ2n) is 7.64. The fourth-order valence-corrected chi connectivity index (χ4v) is 4.05. The Balaban J connectivity index is 1.34. The van der Waals surface area contributed by atoms with Crippen LogP contribution in [0.15, 0.2) is 12.3 Å². The minimum absolute atomic E-state index is 0.00563. The summed E-state index contributed by atoms with van der Waals surface area (Å²) in [7, 11) is 0. The highest BCUT2D eigenvalue weighted by atomic mass is 16.2. The summed E-state index contributed by atoms with van der Waals surface area (Å²) >= 11 is 0. The first kappa shape index (κ1) is 17.9. The molecule has 2 amide bonds. The number of hydrogen-bond donors (Lipinski definition) is 1. The highest BCUT2D eigenvalue weighted by Crippen LogP contribution is 2.22. The Hall–Kier alpha value is -2.51. The van der Waals surface area contributed by atoms with Gasteiger partial charge in [-0.15, -0.1) is 5.10 Å². The second kappa shape index (κ2) is 7.62. The summed E-state index contributed by atoms with van der Waals surface area (Å²) in [5, 5.41) is 7.50. The summed E-state index contributed by atoms with van der Waals surface area (Å²) in [6.45, 7) is 3.02. The molecule has 2 fully saturated rings. The van der Waals surface area contributed by atoms with Gasteiger partial charge >= 0.3 is 0 Å². The molecule has 0 atom stereocenters. The van der Waals surface area contributed by atoms with Crippen molar-refractivity contribution in [1.82, 2.24) is 29.8 Å². The SMILES string of the molecule is Cc1ccnc2nc(C(=O)N3CCC(C(=O)NC4CCCCC4)CC3)nn12. The minimum Gasteiger partial charge on any atom is -0.353 e. The van der Waals surface area contributed by atoms with Crippen LogP contribution in [0, 0.1) is 12.8 Å². The number of aromatic nitrogens is 4. The number of hydrogen-bond acceptors (Lipinski definition) is 5. The van der Waals surface area contributed by atoms with Crippen molar-refractivity contribution in [3.05, 3.63) is 23.8 Å². The average Bonchev–Trinajstić information content (AvgIpc) is 3.14. The molecule has 0 unspecified atom stereocenters. The number of nitrogens with one attached hydrogen (secondary N) is 1. The maximum Gasteiger partial charge on any atom is 0.293 e. The Kier molecular flexibility index (Phi) is 5.05. The Labute approximate surface area is 158 Å². The van der Waals surface area contributed by atoms with Crippen LogP contribution in [0.1, 0.15) is 61.3 Å². The summed E-state index contributed by atoms with van der Waals surface area (Å²) in [6.07, 6.45) is 8.91. The lowest BCUT2D eigenvalue weighted by Crippen LogP contribution is -2.46. The van der Waals surface area contributed by atoms with Crippen LogP contribution in [-0.2, 0) is 4.79 Å². The van der Waals surface area contributed by atoms with E-state index in [2.05, 4.69) is 20.4 Å². The molecule has 27 heavy (non-hydrogen) atoms. The Morgan fingerprint density at radius 1 is 1.11 bits per heavy atom. The van der Waals surface area contributed by atoms with Gasteiger partial charge in [-0.2, -0.15) is 4.98 Å². The van der Waals surface area contributed by atoms with Crippen molar-refractivity contribution in [3.8, 4) is 0 Å². The minimum atomic E-state index is -0.189. The quantitative estimate of drug-likeness (QED) is 0.888. The number of carbonyl (C=O) groups is 2. The van der Waals surface area contributed by atoms with Gasteiger partial charge in [-0.3, -0.25) is 9.59 Å². The highest BCUT2D eigenvalue weighted by Gasteiger charge is 2.30. The average molecular weight is 370 g/mol. The summed E-state index contributed by atoms with van der Waals surface area (Å²) in [5.74, 6) is 0.557. The lowest BCUT2D eigenvalue weighted by atomic mass is 9.92. The van der Waals surface area contributed by atoms with Gasteiger partial charge in [-0.25, -0.2) is 9.50 Å². The summed E-state index contributed by atoms with van der Waals surface area (Å²) in [6, 6.07) is 2.16. The van der Waals surface area contributed by atoms with E-state index in [9.17, 15) is 9.59 Å². The van der Waals surface area contributed by atoms with Gasteiger partial charge in [-0.1, -0.05) is 19.3 Å². The van der Waals surface area contributed by atoms with Gasteiger partial charge in [0.1, 0.15) is 0 Å². The maximum absolute atomic E-state index is 12.7. The number of fused-ring (bicyclic) bond motifs is 1. The molecule has 1 N–H and O–H groups in total. The molecule has 4 rings (SSSR count). The molecule has 0 spiro atoms. The number of likely N-dealkylation sites (tertiary alicyclic amines) is 1. The number of piperidine rings is 1. The van der Waals surface area contributed by atoms with Gasteiger partial charge in [0.05, 0.1) is 0 Å². The molecule has 144 valence electrons. The van der Waals surface area contributed by atoms with Crippen molar-refractivity contribution in [2.24, 2.45) is 5.92 Å². The normalized spacial score (nSPS) is 19.4. The fraction of sp³-hybridized carbons (Fsp3) is 0.632. The lowest BCUT2D eigenvalue weighted by Gasteiger charge is -2.32. The van der Waals surface area contributed by atoms with Crippen molar-refractivity contribution >= 4 is 17.6 Å². The van der Waals surface area contributed by atoms with E-state index in [-0.39, 0.29) is 23.6 Å². The first-order valence-corrected chi connectivity index (χ1v) is 9.90. The van der Waals surface area contributed by atoms with Gasteiger partial charge in [0.25, 0.3) is 11.7 Å². The number of carbonyl (C=O) groups excluding carboxylic acids is 2. The molecule has 2 aromatic heterocycles. The van der Waals surface area contributed by atoms with Crippen LogP contribution in [-0.4, -0.2) is 55.4 Å². The lowest BCUT2D eigenvalue weighted by molar-refractivity contribution is -0.127. The zero-order chi connectivity index (χ0) is 18.8. The molecular weight excluding hydrogens is 344 g/mol. The van der Waals surface area contributed by atoms with E-state index in [4.69, 9.17) is 0 Å². The summed E-state index contributed by atoms with van der Waals surface area (Å²) in [4.78, 5) is 35.4. The van der Waals surface area contributed by atoms with Gasteiger partial charge in [0.2, 0.25) is 11.7 Å². The van der Waals surface area contributed by atoms with E-state index in [1.807, 2.05) is 13.0 Å². The van der Waals surface area contributed by atoms with Crippen LogP contribution in [0.5, 0.6) is 0 Å². The zero-order valence-corrected chi connectivity index (χ0v) is 15.7. The van der Waals surface area contributed by atoms with E-state index in [1.165, 1.54) is 19.3 Å². The topological polar surface area (TPSA) is 92.5 Å². The molecule has 1 aliphatic heterocycles. The number of aryl methyl sites for hydroxylation is 1. The predicted molar refractivity (Wildman–Crippen MR) is 99.2 cm³/mol. The standard InChI is InChI=1S/C19H26N6O2/c1-13-7-10-20-19-22-16(23-25(13)19)18(27)24-11-8-14(9-12-24)17(26)21-15-5-3-2-4-6-15/h7,10,14-15H,2-6,8-9,11-12H2,1H3,(H,21,26). The second-order valence-corrected chi connectivity index (χ2v) is 7.64. The van der Waals surface area contributed by atoms with E-state index < -0.39 is 0 Å².